The van der Waals surface area contributed by atoms with Crippen LogP contribution in [0, 0.1) is 0 Å². The highest BCUT2D eigenvalue weighted by Crippen LogP contribution is 2.30. The zero-order valence-electron chi connectivity index (χ0n) is 11.3. The molecule has 0 aliphatic heterocycles. The molecule has 3 nitrogen and oxygen atoms in total. The second-order valence-electron chi connectivity index (χ2n) is 4.86. The summed E-state index contributed by atoms with van der Waals surface area (Å²) in [6.07, 6.45) is 0. The zero-order valence-corrected chi connectivity index (χ0v) is 13.7. The summed E-state index contributed by atoms with van der Waals surface area (Å²) in [6.45, 7) is 7.54. The van der Waals surface area contributed by atoms with Crippen LogP contribution in [-0.4, -0.2) is 22.1 Å². The van der Waals surface area contributed by atoms with Crippen molar-refractivity contribution < 1.29 is 9.29 Å². The van der Waals surface area contributed by atoms with E-state index in [1.165, 1.54) is 0 Å². The number of benzene rings is 1. The normalized spacial score (nSPS) is 14.5. The number of nitrogens with zero attached hydrogens (tertiary/aromatic N) is 1. The highest BCUT2D eigenvalue weighted by molar-refractivity contribution is 9.10. The number of rotatable bonds is 3. The van der Waals surface area contributed by atoms with Gasteiger partial charge in [-0.1, -0.05) is 10.5 Å². The first-order chi connectivity index (χ1) is 8.27. The first-order valence-corrected chi connectivity index (χ1v) is 7.47. The van der Waals surface area contributed by atoms with E-state index in [9.17, 15) is 4.55 Å². The summed E-state index contributed by atoms with van der Waals surface area (Å²) in [5.74, 6) is 0.713. The minimum atomic E-state index is -1.27. The predicted octanol–water partition coefficient (Wildman–Crippen LogP) is 3.73. The highest BCUT2D eigenvalue weighted by atomic mass is 79.9. The molecule has 0 aromatic heterocycles. The SMILES string of the molecule is COc1c(Br)cccc1C(C)=N[S+]([O-])C(C)(C)C. The summed E-state index contributed by atoms with van der Waals surface area (Å²) in [6, 6.07) is 5.71. The highest BCUT2D eigenvalue weighted by Gasteiger charge is 2.27. The van der Waals surface area contributed by atoms with Crippen LogP contribution in [0.4, 0.5) is 0 Å². The molecule has 1 rings (SSSR count). The molecule has 0 heterocycles. The van der Waals surface area contributed by atoms with Gasteiger partial charge < -0.3 is 9.29 Å². The summed E-state index contributed by atoms with van der Waals surface area (Å²) in [5.41, 5.74) is 1.56. The van der Waals surface area contributed by atoms with E-state index in [0.717, 1.165) is 10.0 Å². The second-order valence-corrected chi connectivity index (χ2v) is 7.62. The van der Waals surface area contributed by atoms with Crippen LogP contribution in [0.1, 0.15) is 33.3 Å². The van der Waals surface area contributed by atoms with Crippen LogP contribution in [0.5, 0.6) is 5.75 Å². The molecule has 1 atom stereocenters. The van der Waals surface area contributed by atoms with Gasteiger partial charge in [0.15, 0.2) is 0 Å². The van der Waals surface area contributed by atoms with Crippen LogP contribution in [0.25, 0.3) is 0 Å². The average Bonchev–Trinajstić information content (AvgIpc) is 2.27. The van der Waals surface area contributed by atoms with Gasteiger partial charge in [0.05, 0.1) is 17.3 Å². The Balaban J connectivity index is 3.15. The topological polar surface area (TPSA) is 44.6 Å². The maximum Gasteiger partial charge on any atom is 0.144 e. The molecule has 0 saturated heterocycles. The van der Waals surface area contributed by atoms with Crippen molar-refractivity contribution in [3.8, 4) is 5.75 Å². The molecule has 0 radical (unpaired) electrons. The Bertz CT molecular complexity index is 455. The number of hydrogen-bond acceptors (Lipinski definition) is 3. The van der Waals surface area contributed by atoms with Gasteiger partial charge in [0.1, 0.15) is 21.9 Å². The molecular weight excluding hydrogens is 314 g/mol. The van der Waals surface area contributed by atoms with E-state index in [4.69, 9.17) is 4.74 Å². The van der Waals surface area contributed by atoms with Crippen molar-refractivity contribution in [1.29, 1.82) is 0 Å². The third-order valence-corrected chi connectivity index (χ3v) is 4.42. The van der Waals surface area contributed by atoms with Crippen molar-refractivity contribution in [3.63, 3.8) is 0 Å². The van der Waals surface area contributed by atoms with Gasteiger partial charge in [0, 0.05) is 5.56 Å². The quantitative estimate of drug-likeness (QED) is 0.625. The maximum atomic E-state index is 12.0. The molecule has 1 unspecified atom stereocenters. The lowest BCUT2D eigenvalue weighted by Gasteiger charge is -2.19. The summed E-state index contributed by atoms with van der Waals surface area (Å²) in [4.78, 5) is 0. The van der Waals surface area contributed by atoms with Crippen molar-refractivity contribution >= 4 is 33.0 Å². The van der Waals surface area contributed by atoms with Crippen LogP contribution in [-0.2, 0) is 11.4 Å². The van der Waals surface area contributed by atoms with Crippen molar-refractivity contribution in [3.05, 3.63) is 28.2 Å². The van der Waals surface area contributed by atoms with E-state index in [0.29, 0.717) is 11.5 Å². The van der Waals surface area contributed by atoms with Gasteiger partial charge >= 0.3 is 0 Å². The molecule has 5 heteroatoms. The van der Waals surface area contributed by atoms with Crippen molar-refractivity contribution in [1.82, 2.24) is 0 Å². The molecule has 18 heavy (non-hydrogen) atoms. The lowest BCUT2D eigenvalue weighted by atomic mass is 10.1. The minimum absolute atomic E-state index is 0.361. The molecule has 0 aliphatic carbocycles. The van der Waals surface area contributed by atoms with Crippen LogP contribution < -0.4 is 4.74 Å². The minimum Gasteiger partial charge on any atom is -0.591 e. The second kappa shape index (κ2) is 6.08. The molecule has 0 fully saturated rings. The van der Waals surface area contributed by atoms with E-state index in [-0.39, 0.29) is 4.75 Å². The molecule has 0 N–H and O–H groups in total. The fraction of sp³-hybridized carbons (Fsp3) is 0.462. The standard InChI is InChI=1S/C13H18BrNO2S/c1-9(15-18(16)13(2,3)4)10-7-6-8-11(14)12(10)17-5/h6-8H,1-5H3. The lowest BCUT2D eigenvalue weighted by Crippen LogP contribution is -2.26. The molecule has 0 bridgehead atoms. The molecule has 0 saturated carbocycles. The smallest absolute Gasteiger partial charge is 0.144 e. The summed E-state index contributed by atoms with van der Waals surface area (Å²) in [7, 11) is 1.61. The molecule has 0 amide bonds. The van der Waals surface area contributed by atoms with Crippen LogP contribution in [0.3, 0.4) is 0 Å². The molecule has 1 aromatic rings. The monoisotopic (exact) mass is 331 g/mol. The number of halogens is 1. The number of ether oxygens (including phenoxy) is 1. The number of para-hydroxylation sites is 1. The van der Waals surface area contributed by atoms with Gasteiger partial charge in [-0.25, -0.2) is 0 Å². The Hall–Kier alpha value is -0.520. The van der Waals surface area contributed by atoms with Crippen LogP contribution in [0.15, 0.2) is 27.1 Å². The van der Waals surface area contributed by atoms with Gasteiger partial charge in [-0.05, 0) is 55.8 Å². The Kier molecular flexibility index (Phi) is 5.25. The summed E-state index contributed by atoms with van der Waals surface area (Å²) >= 11 is 2.16. The molecule has 0 spiro atoms. The lowest BCUT2D eigenvalue weighted by molar-refractivity contribution is 0.411. The van der Waals surface area contributed by atoms with Crippen molar-refractivity contribution in [2.45, 2.75) is 32.4 Å². The average molecular weight is 332 g/mol. The molecular formula is C13H18BrNO2S. The van der Waals surface area contributed by atoms with Crippen LogP contribution >= 0.6 is 15.9 Å². The zero-order chi connectivity index (χ0) is 13.9. The predicted molar refractivity (Wildman–Crippen MR) is 80.8 cm³/mol. The van der Waals surface area contributed by atoms with Crippen molar-refractivity contribution in [2.24, 2.45) is 4.40 Å². The fourth-order valence-corrected chi connectivity index (χ4v) is 2.46. The molecule has 0 aliphatic rings. The third kappa shape index (κ3) is 3.73. The summed E-state index contributed by atoms with van der Waals surface area (Å²) < 4.78 is 22.1. The Morgan fingerprint density at radius 2 is 2.00 bits per heavy atom. The Morgan fingerprint density at radius 1 is 1.39 bits per heavy atom. The Morgan fingerprint density at radius 3 is 2.50 bits per heavy atom. The van der Waals surface area contributed by atoms with E-state index >= 15 is 0 Å². The van der Waals surface area contributed by atoms with Gasteiger partial charge in [-0.15, -0.1) is 0 Å². The molecule has 100 valence electrons. The van der Waals surface area contributed by atoms with E-state index in [1.807, 2.05) is 45.9 Å². The Labute approximate surface area is 120 Å². The first kappa shape index (κ1) is 15.5. The fourth-order valence-electron chi connectivity index (χ4n) is 1.31. The molecule has 1 aromatic carbocycles. The van der Waals surface area contributed by atoms with Gasteiger partial charge in [-0.3, -0.25) is 0 Å². The van der Waals surface area contributed by atoms with Gasteiger partial charge in [0.2, 0.25) is 0 Å². The van der Waals surface area contributed by atoms with E-state index in [2.05, 4.69) is 20.3 Å². The van der Waals surface area contributed by atoms with E-state index < -0.39 is 11.4 Å². The van der Waals surface area contributed by atoms with Gasteiger partial charge in [0.25, 0.3) is 0 Å². The first-order valence-electron chi connectivity index (χ1n) is 5.57. The number of methoxy groups -OCH3 is 1. The van der Waals surface area contributed by atoms with Crippen molar-refractivity contribution in [2.75, 3.05) is 7.11 Å². The third-order valence-electron chi connectivity index (χ3n) is 2.30. The van der Waals surface area contributed by atoms with E-state index in [1.54, 1.807) is 7.11 Å². The largest absolute Gasteiger partial charge is 0.591 e. The van der Waals surface area contributed by atoms with Gasteiger partial charge in [-0.2, -0.15) is 0 Å². The van der Waals surface area contributed by atoms with Crippen LogP contribution in [0.2, 0.25) is 0 Å². The summed E-state index contributed by atoms with van der Waals surface area (Å²) in [5, 5.41) is 0. The number of hydrogen-bond donors (Lipinski definition) is 0. The maximum absolute atomic E-state index is 12.0.